The molecule has 0 atom stereocenters. The van der Waals surface area contributed by atoms with E-state index in [1.165, 1.54) is 44.7 Å². The fourth-order valence-corrected chi connectivity index (χ4v) is 4.51. The molecule has 8 heteroatoms. The fraction of sp³-hybridized carbons (Fsp3) is 0.417. The number of benzene rings is 1. The highest BCUT2D eigenvalue weighted by Crippen LogP contribution is 2.35. The normalized spacial score (nSPS) is 15.8. The van der Waals surface area contributed by atoms with Crippen LogP contribution in [-0.4, -0.2) is 39.0 Å². The van der Waals surface area contributed by atoms with E-state index in [1.54, 1.807) is 24.7 Å². The zero-order valence-corrected chi connectivity index (χ0v) is 19.4. The molecule has 0 saturated heterocycles. The minimum absolute atomic E-state index is 0.0104. The molecule has 1 aromatic heterocycles. The van der Waals surface area contributed by atoms with Crippen LogP contribution in [0.3, 0.4) is 0 Å². The van der Waals surface area contributed by atoms with Crippen LogP contribution in [0.1, 0.15) is 54.7 Å². The second-order valence-corrected chi connectivity index (χ2v) is 10.1. The van der Waals surface area contributed by atoms with Gasteiger partial charge in [-0.25, -0.2) is 13.1 Å². The average molecular weight is 456 g/mol. The predicted molar refractivity (Wildman–Crippen MR) is 132 cm³/mol. The molecular formula is C24H33N5O2S. The van der Waals surface area contributed by atoms with Crippen molar-refractivity contribution in [2.75, 3.05) is 24.7 Å². The van der Waals surface area contributed by atoms with Gasteiger partial charge in [0.25, 0.3) is 0 Å². The molecule has 1 aliphatic carbocycles. The Kier molecular flexibility index (Phi) is 8.81. The predicted octanol–water partition coefficient (Wildman–Crippen LogP) is 3.66. The van der Waals surface area contributed by atoms with Crippen LogP contribution in [0.2, 0.25) is 0 Å². The van der Waals surface area contributed by atoms with Gasteiger partial charge in [-0.1, -0.05) is 31.4 Å². The lowest BCUT2D eigenvalue weighted by atomic mass is 9.83. The number of nitrogens with one attached hydrogen (secondary N) is 2. The largest absolute Gasteiger partial charge is 0.398 e. The Morgan fingerprint density at radius 3 is 2.78 bits per heavy atom. The van der Waals surface area contributed by atoms with Crippen LogP contribution in [0.4, 0.5) is 5.69 Å². The molecule has 0 spiro atoms. The summed E-state index contributed by atoms with van der Waals surface area (Å²) in [5, 5.41) is 3.24. The Morgan fingerprint density at radius 1 is 1.25 bits per heavy atom. The van der Waals surface area contributed by atoms with Crippen LogP contribution in [-0.2, 0) is 16.6 Å². The lowest BCUT2D eigenvalue weighted by Gasteiger charge is -2.23. The summed E-state index contributed by atoms with van der Waals surface area (Å²) in [5.41, 5.74) is 11.1. The Morgan fingerprint density at radius 2 is 2.06 bits per heavy atom. The van der Waals surface area contributed by atoms with Crippen molar-refractivity contribution >= 4 is 27.6 Å². The van der Waals surface area contributed by atoms with Crippen molar-refractivity contribution in [1.29, 1.82) is 0 Å². The average Bonchev–Trinajstić information content (AvgIpc) is 2.83. The molecular weight excluding hydrogens is 422 g/mol. The van der Waals surface area contributed by atoms with Crippen molar-refractivity contribution in [1.82, 2.24) is 9.71 Å². The molecule has 0 unspecified atom stereocenters. The first-order valence-corrected chi connectivity index (χ1v) is 12.8. The van der Waals surface area contributed by atoms with E-state index in [4.69, 9.17) is 5.73 Å². The lowest BCUT2D eigenvalue weighted by molar-refractivity contribution is 0.443. The van der Waals surface area contributed by atoms with Crippen LogP contribution in [0.5, 0.6) is 0 Å². The molecule has 1 fully saturated rings. The second kappa shape index (κ2) is 11.8. The number of nitrogens with two attached hydrogens (primary N) is 1. The molecule has 0 aliphatic heterocycles. The van der Waals surface area contributed by atoms with E-state index >= 15 is 0 Å². The standard InChI is InChI=1S/C24H33N5O2S/c1-26-32(30,31)15-14-29-24-10-9-21(20-7-3-2-4-8-20)16-22(24)23(25)11-13-28-18-19-6-5-12-27-17-19/h5-6,9-13,16-17,20,26,29H,2-4,7-8,14-15,18,25H2,1H3. The third kappa shape index (κ3) is 7.17. The summed E-state index contributed by atoms with van der Waals surface area (Å²) in [7, 11) is -1.85. The smallest absolute Gasteiger partial charge is 0.213 e. The lowest BCUT2D eigenvalue weighted by Crippen LogP contribution is -2.26. The van der Waals surface area contributed by atoms with Gasteiger partial charge in [0, 0.05) is 42.1 Å². The number of anilines is 1. The summed E-state index contributed by atoms with van der Waals surface area (Å²) in [6.07, 6.45) is 13.3. The molecule has 0 radical (unpaired) electrons. The third-order valence-electron chi connectivity index (χ3n) is 5.78. The zero-order valence-electron chi connectivity index (χ0n) is 18.6. The minimum Gasteiger partial charge on any atom is -0.398 e. The molecule has 1 heterocycles. The van der Waals surface area contributed by atoms with Gasteiger partial charge in [-0.05, 0) is 61.2 Å². The van der Waals surface area contributed by atoms with Crippen molar-refractivity contribution in [2.24, 2.45) is 10.7 Å². The Bertz CT molecular complexity index is 1030. The molecule has 172 valence electrons. The molecule has 1 aromatic carbocycles. The Balaban J connectivity index is 1.78. The zero-order chi connectivity index (χ0) is 22.8. The van der Waals surface area contributed by atoms with Crippen LogP contribution in [0.25, 0.3) is 5.70 Å². The van der Waals surface area contributed by atoms with Crippen LogP contribution < -0.4 is 15.8 Å². The molecule has 1 aliphatic rings. The van der Waals surface area contributed by atoms with Gasteiger partial charge in [-0.15, -0.1) is 0 Å². The number of aliphatic imine (C=N–C) groups is 1. The summed E-state index contributed by atoms with van der Waals surface area (Å²) in [4.78, 5) is 8.52. The number of allylic oxidation sites excluding steroid dienone is 1. The monoisotopic (exact) mass is 455 g/mol. The van der Waals surface area contributed by atoms with Gasteiger partial charge >= 0.3 is 0 Å². The quantitative estimate of drug-likeness (QED) is 0.474. The van der Waals surface area contributed by atoms with Gasteiger partial charge in [0.05, 0.1) is 12.3 Å². The topological polar surface area (TPSA) is 109 Å². The van der Waals surface area contributed by atoms with E-state index in [9.17, 15) is 8.42 Å². The van der Waals surface area contributed by atoms with E-state index in [-0.39, 0.29) is 5.75 Å². The maximum Gasteiger partial charge on any atom is 0.213 e. The molecule has 7 nitrogen and oxygen atoms in total. The van der Waals surface area contributed by atoms with Crippen molar-refractivity contribution in [3.63, 3.8) is 0 Å². The van der Waals surface area contributed by atoms with Crippen molar-refractivity contribution in [2.45, 2.75) is 44.6 Å². The van der Waals surface area contributed by atoms with Gasteiger partial charge in [0.2, 0.25) is 10.0 Å². The number of aromatic nitrogens is 1. The van der Waals surface area contributed by atoms with Crippen LogP contribution in [0, 0.1) is 0 Å². The van der Waals surface area contributed by atoms with Crippen LogP contribution >= 0.6 is 0 Å². The number of hydrogen-bond donors (Lipinski definition) is 3. The summed E-state index contributed by atoms with van der Waals surface area (Å²) < 4.78 is 25.8. The fourth-order valence-electron chi connectivity index (χ4n) is 3.94. The van der Waals surface area contributed by atoms with Gasteiger partial charge in [0.15, 0.2) is 0 Å². The summed E-state index contributed by atoms with van der Waals surface area (Å²) in [6.45, 7) is 0.827. The molecule has 1 saturated carbocycles. The molecule has 3 rings (SSSR count). The van der Waals surface area contributed by atoms with Gasteiger partial charge < -0.3 is 11.1 Å². The number of hydrogen-bond acceptors (Lipinski definition) is 6. The first kappa shape index (κ1) is 23.9. The molecule has 0 amide bonds. The maximum atomic E-state index is 11.8. The highest BCUT2D eigenvalue weighted by Gasteiger charge is 2.17. The summed E-state index contributed by atoms with van der Waals surface area (Å²) >= 11 is 0. The number of sulfonamides is 1. The molecule has 0 bridgehead atoms. The molecule has 32 heavy (non-hydrogen) atoms. The Hall–Kier alpha value is -2.71. The van der Waals surface area contributed by atoms with Gasteiger partial charge in [-0.3, -0.25) is 9.98 Å². The highest BCUT2D eigenvalue weighted by atomic mass is 32.2. The summed E-state index contributed by atoms with van der Waals surface area (Å²) in [5.74, 6) is 0.539. The number of rotatable bonds is 10. The minimum atomic E-state index is -3.28. The third-order valence-corrected chi connectivity index (χ3v) is 7.15. The Labute approximate surface area is 191 Å². The van der Waals surface area contributed by atoms with E-state index in [2.05, 4.69) is 32.1 Å². The molecule has 2 aromatic rings. The van der Waals surface area contributed by atoms with E-state index < -0.39 is 10.0 Å². The summed E-state index contributed by atoms with van der Waals surface area (Å²) in [6, 6.07) is 10.2. The van der Waals surface area contributed by atoms with E-state index in [0.717, 1.165) is 16.8 Å². The molecule has 4 N–H and O–H groups in total. The van der Waals surface area contributed by atoms with Gasteiger partial charge in [0.1, 0.15) is 0 Å². The van der Waals surface area contributed by atoms with Crippen molar-refractivity contribution in [3.8, 4) is 0 Å². The first-order chi connectivity index (χ1) is 15.5. The van der Waals surface area contributed by atoms with Gasteiger partial charge in [-0.2, -0.15) is 0 Å². The first-order valence-electron chi connectivity index (χ1n) is 11.1. The SMILES string of the molecule is CNS(=O)(=O)CCNc1ccc(C2CCCCC2)cc1C(N)=CC=NCc1cccnc1. The maximum absolute atomic E-state index is 11.8. The number of nitrogens with zero attached hydrogens (tertiary/aromatic N) is 2. The highest BCUT2D eigenvalue weighted by molar-refractivity contribution is 7.89. The van der Waals surface area contributed by atoms with Crippen molar-refractivity contribution < 1.29 is 8.42 Å². The van der Waals surface area contributed by atoms with E-state index in [1.807, 2.05) is 18.2 Å². The number of pyridine rings is 1. The van der Waals surface area contributed by atoms with Crippen LogP contribution in [0.15, 0.2) is 53.8 Å². The van der Waals surface area contributed by atoms with E-state index in [0.29, 0.717) is 24.7 Å². The second-order valence-electron chi connectivity index (χ2n) is 8.06. The van der Waals surface area contributed by atoms with Crippen molar-refractivity contribution in [3.05, 3.63) is 65.5 Å².